The van der Waals surface area contributed by atoms with E-state index in [0.717, 1.165) is 58.0 Å². The van der Waals surface area contributed by atoms with E-state index in [-0.39, 0.29) is 11.8 Å². The van der Waals surface area contributed by atoms with Crippen molar-refractivity contribution in [2.75, 3.05) is 24.6 Å². The van der Waals surface area contributed by atoms with Gasteiger partial charge in [-0.2, -0.15) is 0 Å². The molecule has 74 heavy (non-hydrogen) atoms. The zero-order valence-electron chi connectivity index (χ0n) is 46.2. The number of amides is 2. The summed E-state index contributed by atoms with van der Waals surface area (Å²) in [7, 11) is 0. The molecular weight excluding hydrogens is 1030 g/mol. The molecule has 6 nitrogen and oxygen atoms in total. The van der Waals surface area contributed by atoms with Crippen LogP contribution in [0.4, 0.5) is 0 Å². The molecule has 0 fully saturated rings. The van der Waals surface area contributed by atoms with Crippen LogP contribution in [0.25, 0.3) is 22.5 Å². The first kappa shape index (κ1) is 62.9. The van der Waals surface area contributed by atoms with Gasteiger partial charge in [0.1, 0.15) is 11.4 Å². The largest absolute Gasteiger partial charge is 0.352 e. The van der Waals surface area contributed by atoms with Crippen LogP contribution in [0, 0.1) is 0 Å². The van der Waals surface area contributed by atoms with E-state index in [9.17, 15) is 9.59 Å². The molecule has 3 aromatic rings. The summed E-state index contributed by atoms with van der Waals surface area (Å²) in [6, 6.07) is 15.9. The van der Waals surface area contributed by atoms with Crippen LogP contribution in [0.5, 0.6) is 0 Å². The number of hydrogen-bond donors (Lipinski definition) is 2. The first-order chi connectivity index (χ1) is 36.5. The summed E-state index contributed by atoms with van der Waals surface area (Å²) in [4.78, 5) is 28.8. The van der Waals surface area contributed by atoms with E-state index in [1.54, 1.807) is 0 Å². The number of carbonyl (C=O) groups is 2. The second kappa shape index (κ2) is 39.4. The number of hydrogen-bond acceptors (Lipinski definition) is 10. The van der Waals surface area contributed by atoms with Crippen molar-refractivity contribution in [3.63, 3.8) is 0 Å². The Morgan fingerprint density at radius 2 is 0.662 bits per heavy atom. The monoisotopic (exact) mass is 1120 g/mol. The van der Waals surface area contributed by atoms with Gasteiger partial charge < -0.3 is 10.6 Å². The summed E-state index contributed by atoms with van der Waals surface area (Å²) in [5.41, 5.74) is 4.93. The van der Waals surface area contributed by atoms with E-state index in [2.05, 4.69) is 61.9 Å². The lowest BCUT2D eigenvalue weighted by atomic mass is 10.1. The van der Waals surface area contributed by atoms with Crippen LogP contribution in [0.1, 0.15) is 254 Å². The highest BCUT2D eigenvalue weighted by molar-refractivity contribution is 8.42. The fourth-order valence-corrected chi connectivity index (χ4v) is 18.3. The van der Waals surface area contributed by atoms with E-state index in [0.29, 0.717) is 24.2 Å². The summed E-state index contributed by atoms with van der Waals surface area (Å²) in [6.07, 6.45) is 41.4. The molecule has 0 saturated heterocycles. The van der Waals surface area contributed by atoms with Gasteiger partial charge in [0.2, 0.25) is 0 Å². The Bertz CT molecular complexity index is 1970. The van der Waals surface area contributed by atoms with Crippen molar-refractivity contribution in [3.05, 3.63) is 76.6 Å². The normalized spacial score (nSPS) is 13.4. The molecule has 0 bridgehead atoms. The molecule has 2 aliphatic rings. The minimum atomic E-state index is -0.0230. The first-order valence-electron chi connectivity index (χ1n) is 29.6. The molecule has 2 amide bonds. The fraction of sp³-hybridized carbons (Fsp3) is 0.645. The van der Waals surface area contributed by atoms with Crippen molar-refractivity contribution in [2.24, 2.45) is 0 Å². The molecule has 0 atom stereocenters. The number of unbranched alkanes of at least 4 members (excludes halogenated alkanes) is 28. The summed E-state index contributed by atoms with van der Waals surface area (Å²) >= 11 is 11.7. The minimum Gasteiger partial charge on any atom is -0.352 e. The maximum absolute atomic E-state index is 13.3. The van der Waals surface area contributed by atoms with Gasteiger partial charge in [0, 0.05) is 35.3 Å². The van der Waals surface area contributed by atoms with E-state index >= 15 is 0 Å². The lowest BCUT2D eigenvalue weighted by Crippen LogP contribution is -2.24. The van der Waals surface area contributed by atoms with Crippen molar-refractivity contribution in [2.45, 2.75) is 243 Å². The molecule has 2 N–H and O–H groups in total. The Kier molecular flexibility index (Phi) is 33.5. The lowest BCUT2D eigenvalue weighted by molar-refractivity contribution is 0.0944. The maximum atomic E-state index is 13.3. The van der Waals surface area contributed by atoms with Gasteiger partial charge in [0.15, 0.2) is 0 Å². The van der Waals surface area contributed by atoms with Crippen molar-refractivity contribution >= 4 is 82.4 Å². The van der Waals surface area contributed by atoms with Crippen LogP contribution < -0.4 is 10.6 Å². The first-order valence-corrected chi connectivity index (χ1v) is 34.8. The lowest BCUT2D eigenvalue weighted by Gasteiger charge is -2.11. The molecule has 5 rings (SSSR count). The highest BCUT2D eigenvalue weighted by Crippen LogP contribution is 2.66. The molecule has 3 heterocycles. The third-order valence-corrected chi connectivity index (χ3v) is 22.7. The number of aromatic nitrogens is 2. The molecule has 0 saturated carbocycles. The molecule has 2 aliphatic heterocycles. The van der Waals surface area contributed by atoms with Gasteiger partial charge in [-0.05, 0) is 61.5 Å². The predicted molar refractivity (Wildman–Crippen MR) is 334 cm³/mol. The second-order valence-corrected chi connectivity index (χ2v) is 27.7. The zero-order valence-corrected chi connectivity index (χ0v) is 51.1. The summed E-state index contributed by atoms with van der Waals surface area (Å²) < 4.78 is 5.58. The smallest absolute Gasteiger partial charge is 0.251 e. The van der Waals surface area contributed by atoms with Crippen LogP contribution in [0.2, 0.25) is 0 Å². The van der Waals surface area contributed by atoms with Gasteiger partial charge in [0.05, 0.1) is 26.7 Å². The molecule has 12 heteroatoms. The van der Waals surface area contributed by atoms with Crippen molar-refractivity contribution in [1.82, 2.24) is 20.8 Å². The van der Waals surface area contributed by atoms with E-state index in [4.69, 9.17) is 10.2 Å². The number of rotatable bonds is 42. The standard InChI is InChI=1S/C62H94N4O2S6/c1-5-9-13-17-21-23-25-27-29-33-45-63-57(67)51-41-37-49(38-42-51)53-55-56(54(66-65-53)50-39-43-52(44-40-50)58(68)64-46-34-30-28-26-24-22-18-14-10-6-2)72-61(71-55)62-73-59(69-47-35-31-19-15-11-7-3)60(74-62)70-48-36-32-20-16-12-8-4/h37-44H,5-36,45-48H2,1-4H3,(H,63,67)(H,64,68). The van der Waals surface area contributed by atoms with Crippen LogP contribution in [0.3, 0.4) is 0 Å². The van der Waals surface area contributed by atoms with E-state index in [1.165, 1.54) is 208 Å². The molecule has 410 valence electrons. The average Bonchev–Trinajstić information content (AvgIpc) is 4.06. The Hall–Kier alpha value is -1.96. The van der Waals surface area contributed by atoms with Gasteiger partial charge in [-0.1, -0.05) is 279 Å². The maximum Gasteiger partial charge on any atom is 0.251 e. The van der Waals surface area contributed by atoms with Gasteiger partial charge in [-0.3, -0.25) is 9.59 Å². The van der Waals surface area contributed by atoms with Crippen LogP contribution >= 0.6 is 70.6 Å². The molecule has 0 unspecified atom stereocenters. The van der Waals surface area contributed by atoms with Gasteiger partial charge in [0.25, 0.3) is 11.8 Å². The molecule has 0 radical (unpaired) electrons. The van der Waals surface area contributed by atoms with Crippen LogP contribution in [-0.4, -0.2) is 46.6 Å². The van der Waals surface area contributed by atoms with Gasteiger partial charge in [-0.25, -0.2) is 0 Å². The van der Waals surface area contributed by atoms with Crippen LogP contribution in [0.15, 0.2) is 75.3 Å². The summed E-state index contributed by atoms with van der Waals surface area (Å²) in [5, 5.41) is 16.2. The molecule has 0 spiro atoms. The topological polar surface area (TPSA) is 84.0 Å². The van der Waals surface area contributed by atoms with Gasteiger partial charge in [-0.15, -0.1) is 33.7 Å². The second-order valence-electron chi connectivity index (χ2n) is 20.4. The Morgan fingerprint density at radius 3 is 0.986 bits per heavy atom. The SMILES string of the molecule is CCCCCCCCCCCCNC(=O)c1ccc(-c2nnc(-c3ccc(C(=O)NCCCCCCCCCCCC)cc3)c3c2SC(=C2SC(SCCCCCCCC)=C(SCCCCCCCC)S2)S3)cc1. The Balaban J connectivity index is 1.27. The fourth-order valence-electron chi connectivity index (χ4n) is 9.28. The molecule has 2 aromatic carbocycles. The van der Waals surface area contributed by atoms with Crippen LogP contribution in [-0.2, 0) is 0 Å². The number of thioether (sulfide) groups is 6. The highest BCUT2D eigenvalue weighted by atomic mass is 32.3. The van der Waals surface area contributed by atoms with Crippen molar-refractivity contribution in [3.8, 4) is 22.5 Å². The van der Waals surface area contributed by atoms with Gasteiger partial charge >= 0.3 is 0 Å². The number of benzene rings is 2. The minimum absolute atomic E-state index is 0.0230. The van der Waals surface area contributed by atoms with Crippen molar-refractivity contribution in [1.29, 1.82) is 0 Å². The quantitative estimate of drug-likeness (QED) is 0.0535. The van der Waals surface area contributed by atoms with E-state index in [1.807, 2.05) is 95.6 Å². The number of nitrogens with one attached hydrogen (secondary N) is 2. The number of nitrogens with zero attached hydrogens (tertiary/aromatic N) is 2. The third kappa shape index (κ3) is 23.6. The predicted octanol–water partition coefficient (Wildman–Crippen LogP) is 21.2. The Labute approximate surface area is 476 Å². The molecular formula is C62H94N4O2S6. The molecule has 0 aliphatic carbocycles. The van der Waals surface area contributed by atoms with E-state index < -0.39 is 0 Å². The highest BCUT2D eigenvalue weighted by Gasteiger charge is 2.33. The summed E-state index contributed by atoms with van der Waals surface area (Å²) in [6.45, 7) is 10.5. The van der Waals surface area contributed by atoms with Crippen molar-refractivity contribution < 1.29 is 9.59 Å². The molecule has 1 aromatic heterocycles. The Morgan fingerprint density at radius 1 is 0.378 bits per heavy atom. The summed E-state index contributed by atoms with van der Waals surface area (Å²) in [5.74, 6) is 2.29. The average molecular weight is 1120 g/mol. The number of fused-ring (bicyclic) bond motifs is 1. The zero-order chi connectivity index (χ0) is 52.3. The third-order valence-electron chi connectivity index (χ3n) is 13.9. The number of carbonyl (C=O) groups excluding carboxylic acids is 2.